The van der Waals surface area contributed by atoms with E-state index in [0.717, 1.165) is 25.9 Å². The predicted octanol–water partition coefficient (Wildman–Crippen LogP) is 3.97. The number of amides is 2. The van der Waals surface area contributed by atoms with Crippen LogP contribution in [0.5, 0.6) is 0 Å². The van der Waals surface area contributed by atoms with Crippen LogP contribution in [0.3, 0.4) is 0 Å². The van der Waals surface area contributed by atoms with E-state index in [1.807, 2.05) is 0 Å². The van der Waals surface area contributed by atoms with Crippen LogP contribution < -0.4 is 15.5 Å². The van der Waals surface area contributed by atoms with Gasteiger partial charge in [-0.25, -0.2) is 4.98 Å². The van der Waals surface area contributed by atoms with Gasteiger partial charge in [0.2, 0.25) is 0 Å². The number of rotatable bonds is 5. The van der Waals surface area contributed by atoms with Crippen LogP contribution in [0, 0.1) is 0 Å². The molecule has 1 aliphatic rings. The number of carbonyl (C=O) groups excluding carboxylic acids is 2. The third-order valence-corrected chi connectivity index (χ3v) is 5.01. The first-order valence-electron chi connectivity index (χ1n) is 10.0. The molecule has 0 spiro atoms. The SMILES string of the molecule is O=C(Nc1ccncc1)c1cccc(NC(=O)c2cccnc2N2CCCCC2)c1. The third-order valence-electron chi connectivity index (χ3n) is 5.01. The van der Waals surface area contributed by atoms with Gasteiger partial charge in [-0.15, -0.1) is 0 Å². The molecular formula is C23H23N5O2. The number of nitrogens with zero attached hydrogens (tertiary/aromatic N) is 3. The Hall–Kier alpha value is -3.74. The maximum absolute atomic E-state index is 13.0. The molecule has 0 aliphatic carbocycles. The van der Waals surface area contributed by atoms with Crippen molar-refractivity contribution in [2.75, 3.05) is 28.6 Å². The van der Waals surface area contributed by atoms with Crippen molar-refractivity contribution in [3.63, 3.8) is 0 Å². The number of benzene rings is 1. The highest BCUT2D eigenvalue weighted by Gasteiger charge is 2.20. The van der Waals surface area contributed by atoms with Crippen molar-refractivity contribution in [3.8, 4) is 0 Å². The first-order valence-corrected chi connectivity index (χ1v) is 10.0. The average molecular weight is 401 g/mol. The quantitative estimate of drug-likeness (QED) is 0.675. The first-order chi connectivity index (χ1) is 14.7. The number of nitrogens with one attached hydrogen (secondary N) is 2. The summed E-state index contributed by atoms with van der Waals surface area (Å²) in [6.45, 7) is 1.81. The fourth-order valence-corrected chi connectivity index (χ4v) is 3.51. The molecule has 1 fully saturated rings. The molecule has 1 saturated heterocycles. The van der Waals surface area contributed by atoms with E-state index >= 15 is 0 Å². The molecule has 7 heteroatoms. The second-order valence-corrected chi connectivity index (χ2v) is 7.15. The lowest BCUT2D eigenvalue weighted by Gasteiger charge is -2.29. The smallest absolute Gasteiger partial charge is 0.259 e. The highest BCUT2D eigenvalue weighted by molar-refractivity contribution is 6.09. The molecule has 0 unspecified atom stereocenters. The fourth-order valence-electron chi connectivity index (χ4n) is 3.51. The number of aromatic nitrogens is 2. The van der Waals surface area contributed by atoms with Crippen molar-refractivity contribution in [1.82, 2.24) is 9.97 Å². The monoisotopic (exact) mass is 401 g/mol. The average Bonchev–Trinajstić information content (AvgIpc) is 2.80. The van der Waals surface area contributed by atoms with Gasteiger partial charge in [-0.1, -0.05) is 6.07 Å². The molecule has 1 aliphatic heterocycles. The zero-order valence-electron chi connectivity index (χ0n) is 16.5. The summed E-state index contributed by atoms with van der Waals surface area (Å²) in [5.74, 6) is 0.212. The van der Waals surface area contributed by atoms with E-state index in [4.69, 9.17) is 0 Å². The number of carbonyl (C=O) groups is 2. The topological polar surface area (TPSA) is 87.2 Å². The van der Waals surface area contributed by atoms with Crippen molar-refractivity contribution >= 4 is 29.0 Å². The Morgan fingerprint density at radius 1 is 0.800 bits per heavy atom. The highest BCUT2D eigenvalue weighted by Crippen LogP contribution is 2.23. The minimum atomic E-state index is -0.257. The summed E-state index contributed by atoms with van der Waals surface area (Å²) in [6, 6.07) is 13.8. The summed E-state index contributed by atoms with van der Waals surface area (Å²) in [7, 11) is 0. The lowest BCUT2D eigenvalue weighted by Crippen LogP contribution is -2.32. The van der Waals surface area contributed by atoms with E-state index in [2.05, 4.69) is 25.5 Å². The molecule has 1 aromatic carbocycles. The minimum Gasteiger partial charge on any atom is -0.356 e. The van der Waals surface area contributed by atoms with Gasteiger partial charge >= 0.3 is 0 Å². The summed E-state index contributed by atoms with van der Waals surface area (Å²) < 4.78 is 0. The standard InChI is InChI=1S/C23H23N5O2/c29-22(26-18-9-12-24-13-10-18)17-6-4-7-19(16-17)27-23(30)20-8-5-11-25-21(20)28-14-2-1-3-15-28/h4-13,16H,1-3,14-15H2,(H,27,30)(H,24,26,29). The number of pyridine rings is 2. The van der Waals surface area contributed by atoms with Gasteiger partial charge in [-0.3, -0.25) is 14.6 Å². The summed E-state index contributed by atoms with van der Waals surface area (Å²) >= 11 is 0. The number of anilines is 3. The Morgan fingerprint density at radius 3 is 2.37 bits per heavy atom. The van der Waals surface area contributed by atoms with Crippen LogP contribution in [-0.2, 0) is 0 Å². The maximum Gasteiger partial charge on any atom is 0.259 e. The molecule has 4 rings (SSSR count). The van der Waals surface area contributed by atoms with Gasteiger partial charge in [-0.05, 0) is 61.7 Å². The molecule has 0 atom stereocenters. The van der Waals surface area contributed by atoms with Crippen LogP contribution in [0.25, 0.3) is 0 Å². The normalized spacial score (nSPS) is 13.5. The van der Waals surface area contributed by atoms with Crippen molar-refractivity contribution in [2.45, 2.75) is 19.3 Å². The number of hydrogen-bond donors (Lipinski definition) is 2. The summed E-state index contributed by atoms with van der Waals surface area (Å²) in [4.78, 5) is 36.0. The van der Waals surface area contributed by atoms with Gasteiger partial charge < -0.3 is 15.5 Å². The van der Waals surface area contributed by atoms with E-state index in [1.165, 1.54) is 6.42 Å². The third kappa shape index (κ3) is 4.63. The molecule has 3 heterocycles. The summed E-state index contributed by atoms with van der Waals surface area (Å²) in [6.07, 6.45) is 8.35. The number of hydrogen-bond acceptors (Lipinski definition) is 5. The van der Waals surface area contributed by atoms with Crippen molar-refractivity contribution < 1.29 is 9.59 Å². The minimum absolute atomic E-state index is 0.240. The fraction of sp³-hybridized carbons (Fsp3) is 0.217. The maximum atomic E-state index is 13.0. The van der Waals surface area contributed by atoms with E-state index in [0.29, 0.717) is 28.3 Å². The molecule has 152 valence electrons. The molecule has 0 radical (unpaired) electrons. The van der Waals surface area contributed by atoms with Gasteiger partial charge in [-0.2, -0.15) is 0 Å². The molecule has 0 bridgehead atoms. The van der Waals surface area contributed by atoms with Crippen LogP contribution in [0.2, 0.25) is 0 Å². The second kappa shape index (κ2) is 9.17. The second-order valence-electron chi connectivity index (χ2n) is 7.15. The van der Waals surface area contributed by atoms with E-state index in [1.54, 1.807) is 67.1 Å². The van der Waals surface area contributed by atoms with E-state index < -0.39 is 0 Å². The summed E-state index contributed by atoms with van der Waals surface area (Å²) in [5.41, 5.74) is 2.19. The zero-order valence-corrected chi connectivity index (χ0v) is 16.5. The Balaban J connectivity index is 1.49. The Bertz CT molecular complexity index is 1030. The molecule has 2 aromatic heterocycles. The first kappa shape index (κ1) is 19.6. The van der Waals surface area contributed by atoms with Crippen LogP contribution in [0.4, 0.5) is 17.2 Å². The lowest BCUT2D eigenvalue weighted by molar-refractivity contribution is 0.101. The van der Waals surface area contributed by atoms with E-state index in [9.17, 15) is 9.59 Å². The van der Waals surface area contributed by atoms with Gasteiger partial charge in [0.25, 0.3) is 11.8 Å². The Labute approximate surface area is 175 Å². The highest BCUT2D eigenvalue weighted by atomic mass is 16.2. The van der Waals surface area contributed by atoms with Crippen molar-refractivity contribution in [1.29, 1.82) is 0 Å². The van der Waals surface area contributed by atoms with Gasteiger partial charge in [0, 0.05) is 48.6 Å². The molecular weight excluding hydrogens is 378 g/mol. The van der Waals surface area contributed by atoms with Gasteiger partial charge in [0.1, 0.15) is 5.82 Å². The van der Waals surface area contributed by atoms with Crippen LogP contribution in [0.15, 0.2) is 67.1 Å². The van der Waals surface area contributed by atoms with E-state index in [-0.39, 0.29) is 11.8 Å². The van der Waals surface area contributed by atoms with Crippen LogP contribution in [0.1, 0.15) is 40.0 Å². The number of piperidine rings is 1. The van der Waals surface area contributed by atoms with Crippen molar-refractivity contribution in [3.05, 3.63) is 78.2 Å². The molecule has 30 heavy (non-hydrogen) atoms. The van der Waals surface area contributed by atoms with Gasteiger partial charge in [0.15, 0.2) is 0 Å². The molecule has 3 aromatic rings. The molecule has 2 amide bonds. The Kier molecular flexibility index (Phi) is 5.98. The van der Waals surface area contributed by atoms with Crippen LogP contribution >= 0.6 is 0 Å². The largest absolute Gasteiger partial charge is 0.356 e. The lowest BCUT2D eigenvalue weighted by atomic mass is 10.1. The molecule has 7 nitrogen and oxygen atoms in total. The van der Waals surface area contributed by atoms with Crippen LogP contribution in [-0.4, -0.2) is 34.9 Å². The Morgan fingerprint density at radius 2 is 1.57 bits per heavy atom. The summed E-state index contributed by atoms with van der Waals surface area (Å²) in [5, 5.41) is 5.72. The zero-order chi connectivity index (χ0) is 20.8. The predicted molar refractivity (Wildman–Crippen MR) is 117 cm³/mol. The molecule has 2 N–H and O–H groups in total. The van der Waals surface area contributed by atoms with Gasteiger partial charge in [0.05, 0.1) is 5.56 Å². The van der Waals surface area contributed by atoms with Crippen molar-refractivity contribution in [2.24, 2.45) is 0 Å². The molecule has 0 saturated carbocycles.